The fourth-order valence-electron chi connectivity index (χ4n) is 1.36. The summed E-state index contributed by atoms with van der Waals surface area (Å²) in [7, 11) is 0. The third kappa shape index (κ3) is 2.34. The van der Waals surface area contributed by atoms with Crippen molar-refractivity contribution in [2.75, 3.05) is 17.2 Å². The average molecular weight is 179 g/mol. The van der Waals surface area contributed by atoms with E-state index < -0.39 is 0 Å². The fraction of sp³-hybridized carbons (Fsp3) is 0.500. The van der Waals surface area contributed by atoms with Crippen molar-refractivity contribution in [3.05, 3.63) is 18.3 Å². The van der Waals surface area contributed by atoms with Gasteiger partial charge in [0.2, 0.25) is 0 Å². The summed E-state index contributed by atoms with van der Waals surface area (Å²) in [6.45, 7) is 7.40. The number of rotatable bonds is 3. The third-order valence-corrected chi connectivity index (χ3v) is 2.03. The van der Waals surface area contributed by atoms with Crippen molar-refractivity contribution in [1.82, 2.24) is 4.98 Å². The summed E-state index contributed by atoms with van der Waals surface area (Å²) in [4.78, 5) is 6.49. The van der Waals surface area contributed by atoms with Crippen LogP contribution in [0, 0.1) is 0 Å². The van der Waals surface area contributed by atoms with Gasteiger partial charge in [-0.15, -0.1) is 0 Å². The van der Waals surface area contributed by atoms with Gasteiger partial charge in [-0.3, -0.25) is 0 Å². The first-order valence-electron chi connectivity index (χ1n) is 4.63. The first-order valence-corrected chi connectivity index (χ1v) is 4.63. The molecule has 1 heterocycles. The maximum absolute atomic E-state index is 5.56. The lowest BCUT2D eigenvalue weighted by Gasteiger charge is -2.26. The van der Waals surface area contributed by atoms with Gasteiger partial charge in [0.1, 0.15) is 5.82 Å². The van der Waals surface area contributed by atoms with Gasteiger partial charge in [-0.1, -0.05) is 0 Å². The average Bonchev–Trinajstić information content (AvgIpc) is 2.09. The molecule has 2 N–H and O–H groups in total. The zero-order valence-corrected chi connectivity index (χ0v) is 8.49. The molecule has 0 radical (unpaired) electrons. The Morgan fingerprint density at radius 2 is 2.15 bits per heavy atom. The van der Waals surface area contributed by atoms with Gasteiger partial charge in [0.25, 0.3) is 0 Å². The van der Waals surface area contributed by atoms with Crippen LogP contribution in [0.15, 0.2) is 18.3 Å². The Labute approximate surface area is 79.6 Å². The number of nitrogens with zero attached hydrogens (tertiary/aromatic N) is 2. The van der Waals surface area contributed by atoms with Crippen LogP contribution in [-0.2, 0) is 0 Å². The molecule has 13 heavy (non-hydrogen) atoms. The minimum absolute atomic E-state index is 0.473. The standard InChI is InChI=1S/C10H17N3/c1-4-13(8(2)3)10-6-5-9(11)7-12-10/h5-8H,4,11H2,1-3H3. The molecule has 1 aromatic heterocycles. The van der Waals surface area contributed by atoms with E-state index in [-0.39, 0.29) is 0 Å². The Bertz CT molecular complexity index is 253. The van der Waals surface area contributed by atoms with Crippen LogP contribution < -0.4 is 10.6 Å². The topological polar surface area (TPSA) is 42.1 Å². The van der Waals surface area contributed by atoms with E-state index >= 15 is 0 Å². The minimum atomic E-state index is 0.473. The predicted molar refractivity (Wildman–Crippen MR) is 56.8 cm³/mol. The molecule has 1 rings (SSSR count). The van der Waals surface area contributed by atoms with Crippen LogP contribution in [0.3, 0.4) is 0 Å². The highest BCUT2D eigenvalue weighted by molar-refractivity contribution is 5.46. The van der Waals surface area contributed by atoms with Crippen LogP contribution in [0.4, 0.5) is 11.5 Å². The van der Waals surface area contributed by atoms with Crippen molar-refractivity contribution in [3.63, 3.8) is 0 Å². The van der Waals surface area contributed by atoms with Crippen molar-refractivity contribution in [1.29, 1.82) is 0 Å². The lowest BCUT2D eigenvalue weighted by Crippen LogP contribution is -2.30. The number of anilines is 2. The second-order valence-electron chi connectivity index (χ2n) is 3.33. The quantitative estimate of drug-likeness (QED) is 0.770. The number of nitrogen functional groups attached to an aromatic ring is 1. The monoisotopic (exact) mass is 179 g/mol. The molecule has 0 amide bonds. The molecule has 0 saturated carbocycles. The van der Waals surface area contributed by atoms with Gasteiger partial charge in [-0.2, -0.15) is 0 Å². The Balaban J connectivity index is 2.86. The van der Waals surface area contributed by atoms with E-state index in [0.717, 1.165) is 12.4 Å². The van der Waals surface area contributed by atoms with E-state index in [1.807, 2.05) is 12.1 Å². The summed E-state index contributed by atoms with van der Waals surface area (Å²) >= 11 is 0. The zero-order chi connectivity index (χ0) is 9.84. The Morgan fingerprint density at radius 3 is 2.54 bits per heavy atom. The van der Waals surface area contributed by atoms with E-state index in [1.54, 1.807) is 6.20 Å². The zero-order valence-electron chi connectivity index (χ0n) is 8.49. The van der Waals surface area contributed by atoms with Gasteiger partial charge >= 0.3 is 0 Å². The molecule has 0 aromatic carbocycles. The molecule has 0 saturated heterocycles. The summed E-state index contributed by atoms with van der Waals surface area (Å²) in [5.74, 6) is 0.992. The van der Waals surface area contributed by atoms with Gasteiger partial charge in [0, 0.05) is 12.6 Å². The van der Waals surface area contributed by atoms with E-state index in [1.165, 1.54) is 0 Å². The lowest BCUT2D eigenvalue weighted by molar-refractivity contribution is 0.693. The number of aromatic nitrogens is 1. The van der Waals surface area contributed by atoms with E-state index in [9.17, 15) is 0 Å². The second-order valence-corrected chi connectivity index (χ2v) is 3.33. The molecule has 1 aromatic rings. The Hall–Kier alpha value is -1.25. The van der Waals surface area contributed by atoms with Gasteiger partial charge in [0.05, 0.1) is 11.9 Å². The summed E-state index contributed by atoms with van der Waals surface area (Å²) in [5, 5.41) is 0. The predicted octanol–water partition coefficient (Wildman–Crippen LogP) is 1.90. The van der Waals surface area contributed by atoms with Gasteiger partial charge in [-0.25, -0.2) is 4.98 Å². The maximum atomic E-state index is 5.56. The third-order valence-electron chi connectivity index (χ3n) is 2.03. The molecular weight excluding hydrogens is 162 g/mol. The molecule has 0 bridgehead atoms. The SMILES string of the molecule is CCN(c1ccc(N)cn1)C(C)C. The molecule has 3 heteroatoms. The van der Waals surface area contributed by atoms with Crippen LogP contribution in [-0.4, -0.2) is 17.6 Å². The molecule has 0 aliphatic heterocycles. The van der Waals surface area contributed by atoms with Crippen LogP contribution in [0.25, 0.3) is 0 Å². The lowest BCUT2D eigenvalue weighted by atomic mass is 10.3. The van der Waals surface area contributed by atoms with Crippen molar-refractivity contribution in [2.24, 2.45) is 0 Å². The molecule has 0 aliphatic rings. The van der Waals surface area contributed by atoms with E-state index in [0.29, 0.717) is 11.7 Å². The van der Waals surface area contributed by atoms with Crippen LogP contribution >= 0.6 is 0 Å². The van der Waals surface area contributed by atoms with E-state index in [4.69, 9.17) is 5.73 Å². The van der Waals surface area contributed by atoms with Gasteiger partial charge in [-0.05, 0) is 32.9 Å². The fourth-order valence-corrected chi connectivity index (χ4v) is 1.36. The molecule has 0 atom stereocenters. The summed E-state index contributed by atoms with van der Waals surface area (Å²) in [6.07, 6.45) is 1.69. The largest absolute Gasteiger partial charge is 0.397 e. The molecule has 0 aliphatic carbocycles. The van der Waals surface area contributed by atoms with Crippen LogP contribution in [0.1, 0.15) is 20.8 Å². The molecule has 0 unspecified atom stereocenters. The highest BCUT2D eigenvalue weighted by atomic mass is 15.2. The number of pyridine rings is 1. The highest BCUT2D eigenvalue weighted by Crippen LogP contribution is 2.14. The van der Waals surface area contributed by atoms with E-state index in [2.05, 4.69) is 30.7 Å². The van der Waals surface area contributed by atoms with Crippen molar-refractivity contribution >= 4 is 11.5 Å². The Morgan fingerprint density at radius 1 is 1.46 bits per heavy atom. The number of hydrogen-bond acceptors (Lipinski definition) is 3. The van der Waals surface area contributed by atoms with Crippen LogP contribution in [0.2, 0.25) is 0 Å². The first kappa shape index (κ1) is 9.84. The molecule has 0 spiro atoms. The highest BCUT2D eigenvalue weighted by Gasteiger charge is 2.08. The molecule has 72 valence electrons. The molecule has 3 nitrogen and oxygen atoms in total. The number of nitrogens with two attached hydrogens (primary N) is 1. The van der Waals surface area contributed by atoms with Crippen LogP contribution in [0.5, 0.6) is 0 Å². The smallest absolute Gasteiger partial charge is 0.128 e. The van der Waals surface area contributed by atoms with Gasteiger partial charge in [0.15, 0.2) is 0 Å². The second kappa shape index (κ2) is 4.12. The summed E-state index contributed by atoms with van der Waals surface area (Å²) in [6, 6.07) is 4.31. The summed E-state index contributed by atoms with van der Waals surface area (Å²) in [5.41, 5.74) is 6.27. The minimum Gasteiger partial charge on any atom is -0.397 e. The van der Waals surface area contributed by atoms with Crippen molar-refractivity contribution in [3.8, 4) is 0 Å². The molecular formula is C10H17N3. The van der Waals surface area contributed by atoms with Crippen molar-refractivity contribution in [2.45, 2.75) is 26.8 Å². The van der Waals surface area contributed by atoms with Gasteiger partial charge < -0.3 is 10.6 Å². The normalized spacial score (nSPS) is 10.5. The molecule has 0 fully saturated rings. The number of hydrogen-bond donors (Lipinski definition) is 1. The maximum Gasteiger partial charge on any atom is 0.128 e. The summed E-state index contributed by atoms with van der Waals surface area (Å²) < 4.78 is 0. The first-order chi connectivity index (χ1) is 6.15. The van der Waals surface area contributed by atoms with Crippen molar-refractivity contribution < 1.29 is 0 Å². The Kier molecular flexibility index (Phi) is 3.12.